The summed E-state index contributed by atoms with van der Waals surface area (Å²) in [6, 6.07) is 0. The molecule has 0 aromatic carbocycles. The fraction of sp³-hybridized carbons (Fsp3) is 0.611. The zero-order valence-electron chi connectivity index (χ0n) is 14.2. The van der Waals surface area contributed by atoms with Gasteiger partial charge in [0.1, 0.15) is 0 Å². The minimum Gasteiger partial charge on any atom is -0.336 e. The predicted molar refractivity (Wildman–Crippen MR) is 92.3 cm³/mol. The van der Waals surface area contributed by atoms with E-state index >= 15 is 0 Å². The lowest BCUT2D eigenvalue weighted by Gasteiger charge is -2.28. The molecule has 0 saturated carbocycles. The van der Waals surface area contributed by atoms with Gasteiger partial charge in [-0.3, -0.25) is 4.79 Å². The Morgan fingerprint density at radius 1 is 1.24 bits per heavy atom. The van der Waals surface area contributed by atoms with Crippen molar-refractivity contribution in [2.24, 2.45) is 5.92 Å². The van der Waals surface area contributed by atoms with E-state index in [1.165, 1.54) is 5.57 Å². The molecule has 1 atom stereocenters. The summed E-state index contributed by atoms with van der Waals surface area (Å²) < 4.78 is 0. The fourth-order valence-corrected chi connectivity index (χ4v) is 2.13. The Hall–Kier alpha value is -1.35. The Morgan fingerprint density at radius 3 is 2.29 bits per heavy atom. The molecular weight excluding hydrogens is 260 g/mol. The van der Waals surface area contributed by atoms with Crippen LogP contribution in [0.2, 0.25) is 0 Å². The Kier molecular flexibility index (Phi) is 10.6. The highest BCUT2D eigenvalue weighted by Gasteiger charge is 2.18. The summed E-state index contributed by atoms with van der Waals surface area (Å²) >= 11 is 0. The van der Waals surface area contributed by atoms with Crippen LogP contribution in [0, 0.1) is 5.92 Å². The SMILES string of the molecule is C=C.CC/C(=C\C=C(/C)C(C)CC)C(=O)N1CCNCC1. The number of piperazine rings is 1. The van der Waals surface area contributed by atoms with Crippen LogP contribution >= 0.6 is 0 Å². The van der Waals surface area contributed by atoms with Crippen LogP contribution in [0.4, 0.5) is 0 Å². The van der Waals surface area contributed by atoms with Crippen LogP contribution in [0.1, 0.15) is 40.5 Å². The second-order valence-electron chi connectivity index (χ2n) is 5.31. The normalized spacial score (nSPS) is 17.8. The zero-order chi connectivity index (χ0) is 16.3. The monoisotopic (exact) mass is 292 g/mol. The first-order valence-corrected chi connectivity index (χ1v) is 7.97. The molecule has 120 valence electrons. The molecule has 0 aliphatic carbocycles. The van der Waals surface area contributed by atoms with E-state index in [1.807, 2.05) is 11.0 Å². The van der Waals surface area contributed by atoms with Crippen molar-refractivity contribution in [3.8, 4) is 0 Å². The summed E-state index contributed by atoms with van der Waals surface area (Å²) in [6.45, 7) is 18.1. The maximum atomic E-state index is 12.4. The molecule has 1 N–H and O–H groups in total. The van der Waals surface area contributed by atoms with Crippen LogP contribution in [0.5, 0.6) is 0 Å². The topological polar surface area (TPSA) is 32.3 Å². The number of hydrogen-bond donors (Lipinski definition) is 1. The molecular formula is C18H32N2O. The molecule has 1 aliphatic rings. The molecule has 1 rings (SSSR count). The van der Waals surface area contributed by atoms with E-state index in [0.29, 0.717) is 5.92 Å². The number of rotatable bonds is 5. The van der Waals surface area contributed by atoms with Crippen molar-refractivity contribution in [1.82, 2.24) is 10.2 Å². The van der Waals surface area contributed by atoms with Crippen molar-refractivity contribution in [1.29, 1.82) is 0 Å². The van der Waals surface area contributed by atoms with Crippen LogP contribution < -0.4 is 5.32 Å². The van der Waals surface area contributed by atoms with Gasteiger partial charge in [-0.1, -0.05) is 38.5 Å². The van der Waals surface area contributed by atoms with Crippen LogP contribution in [0.3, 0.4) is 0 Å². The molecule has 0 bridgehead atoms. The van der Waals surface area contributed by atoms with E-state index < -0.39 is 0 Å². The minimum atomic E-state index is 0.206. The van der Waals surface area contributed by atoms with Gasteiger partial charge in [-0.25, -0.2) is 0 Å². The largest absolute Gasteiger partial charge is 0.336 e. The molecule has 1 saturated heterocycles. The summed E-state index contributed by atoms with van der Waals surface area (Å²) in [6.07, 6.45) is 6.08. The van der Waals surface area contributed by atoms with Crippen molar-refractivity contribution < 1.29 is 4.79 Å². The van der Waals surface area contributed by atoms with Crippen LogP contribution in [0.15, 0.2) is 36.5 Å². The van der Waals surface area contributed by atoms with E-state index in [4.69, 9.17) is 0 Å². The number of hydrogen-bond acceptors (Lipinski definition) is 2. The summed E-state index contributed by atoms with van der Waals surface area (Å²) in [7, 11) is 0. The van der Waals surface area contributed by atoms with E-state index in [2.05, 4.69) is 52.2 Å². The maximum absolute atomic E-state index is 12.4. The standard InChI is InChI=1S/C16H28N2O.C2H4/c1-5-13(3)14(4)7-8-15(6-2)16(19)18-11-9-17-10-12-18;1-2/h7-8,13,17H,5-6,9-12H2,1-4H3;1-2H2/b14-7+,15-8+;. The van der Waals surface area contributed by atoms with E-state index in [0.717, 1.165) is 44.6 Å². The quantitative estimate of drug-likeness (QED) is 0.477. The van der Waals surface area contributed by atoms with Gasteiger partial charge >= 0.3 is 0 Å². The van der Waals surface area contributed by atoms with Crippen molar-refractivity contribution in [3.63, 3.8) is 0 Å². The Labute approximate surface area is 130 Å². The number of amides is 1. The van der Waals surface area contributed by atoms with Crippen LogP contribution in [0.25, 0.3) is 0 Å². The molecule has 0 radical (unpaired) electrons. The van der Waals surface area contributed by atoms with E-state index in [9.17, 15) is 4.79 Å². The molecule has 0 aromatic heterocycles. The third kappa shape index (κ3) is 6.76. The second-order valence-corrected chi connectivity index (χ2v) is 5.31. The number of nitrogens with zero attached hydrogens (tertiary/aromatic N) is 1. The van der Waals surface area contributed by atoms with Gasteiger partial charge in [0, 0.05) is 31.8 Å². The average molecular weight is 292 g/mol. The first kappa shape index (κ1) is 19.7. The Balaban J connectivity index is 0.00000191. The molecule has 0 spiro atoms. The number of carbonyl (C=O) groups is 1. The molecule has 1 amide bonds. The van der Waals surface area contributed by atoms with Gasteiger partial charge in [-0.05, 0) is 25.7 Å². The first-order chi connectivity index (χ1) is 10.1. The highest BCUT2D eigenvalue weighted by Crippen LogP contribution is 2.15. The lowest BCUT2D eigenvalue weighted by atomic mass is 9.99. The molecule has 1 unspecified atom stereocenters. The van der Waals surface area contributed by atoms with E-state index in [1.54, 1.807) is 0 Å². The van der Waals surface area contributed by atoms with Crippen molar-refractivity contribution in [2.45, 2.75) is 40.5 Å². The Bertz CT molecular complexity index is 365. The summed E-state index contributed by atoms with van der Waals surface area (Å²) in [4.78, 5) is 14.3. The van der Waals surface area contributed by atoms with Crippen molar-refractivity contribution >= 4 is 5.91 Å². The number of allylic oxidation sites excluding steroid dienone is 3. The number of nitrogens with one attached hydrogen (secondary N) is 1. The lowest BCUT2D eigenvalue weighted by Crippen LogP contribution is -2.46. The van der Waals surface area contributed by atoms with Crippen LogP contribution in [-0.4, -0.2) is 37.0 Å². The van der Waals surface area contributed by atoms with Crippen LogP contribution in [-0.2, 0) is 4.79 Å². The maximum Gasteiger partial charge on any atom is 0.249 e. The fourth-order valence-electron chi connectivity index (χ4n) is 2.13. The minimum absolute atomic E-state index is 0.206. The summed E-state index contributed by atoms with van der Waals surface area (Å²) in [5.74, 6) is 0.792. The van der Waals surface area contributed by atoms with E-state index in [-0.39, 0.29) is 5.91 Å². The second kappa shape index (κ2) is 11.3. The third-order valence-electron chi connectivity index (χ3n) is 4.00. The predicted octanol–water partition coefficient (Wildman–Crippen LogP) is 3.55. The highest BCUT2D eigenvalue weighted by atomic mass is 16.2. The van der Waals surface area contributed by atoms with Gasteiger partial charge in [0.15, 0.2) is 0 Å². The molecule has 1 heterocycles. The summed E-state index contributed by atoms with van der Waals surface area (Å²) in [5.41, 5.74) is 2.27. The van der Waals surface area contributed by atoms with Gasteiger partial charge < -0.3 is 10.2 Å². The molecule has 0 aromatic rings. The molecule has 3 heteroatoms. The first-order valence-electron chi connectivity index (χ1n) is 7.97. The van der Waals surface area contributed by atoms with Gasteiger partial charge in [-0.2, -0.15) is 0 Å². The zero-order valence-corrected chi connectivity index (χ0v) is 14.2. The molecule has 21 heavy (non-hydrogen) atoms. The number of carbonyl (C=O) groups excluding carboxylic acids is 1. The summed E-state index contributed by atoms with van der Waals surface area (Å²) in [5, 5.41) is 3.27. The molecule has 1 fully saturated rings. The third-order valence-corrected chi connectivity index (χ3v) is 4.00. The van der Waals surface area contributed by atoms with Gasteiger partial charge in [0.2, 0.25) is 5.91 Å². The van der Waals surface area contributed by atoms with Gasteiger partial charge in [0.25, 0.3) is 0 Å². The smallest absolute Gasteiger partial charge is 0.249 e. The van der Waals surface area contributed by atoms with Gasteiger partial charge in [0.05, 0.1) is 0 Å². The Morgan fingerprint density at radius 2 is 1.81 bits per heavy atom. The molecule has 1 aliphatic heterocycles. The van der Waals surface area contributed by atoms with Gasteiger partial charge in [-0.15, -0.1) is 13.2 Å². The average Bonchev–Trinajstić information content (AvgIpc) is 2.56. The lowest BCUT2D eigenvalue weighted by molar-refractivity contribution is -0.127. The highest BCUT2D eigenvalue weighted by molar-refractivity contribution is 5.93. The van der Waals surface area contributed by atoms with Crippen molar-refractivity contribution in [2.75, 3.05) is 26.2 Å². The molecule has 3 nitrogen and oxygen atoms in total. The van der Waals surface area contributed by atoms with Crippen molar-refractivity contribution in [3.05, 3.63) is 36.5 Å².